The van der Waals surface area contributed by atoms with Crippen molar-refractivity contribution in [1.82, 2.24) is 0 Å². The number of ether oxygens (including phenoxy) is 1. The summed E-state index contributed by atoms with van der Waals surface area (Å²) in [5, 5.41) is 4.57. The van der Waals surface area contributed by atoms with Gasteiger partial charge in [-0.25, -0.2) is 4.79 Å². The summed E-state index contributed by atoms with van der Waals surface area (Å²) in [6.07, 6.45) is 0. The molecule has 3 rings (SSSR count). The molecular weight excluding hydrogens is 350 g/mol. The van der Waals surface area contributed by atoms with Crippen molar-refractivity contribution in [3.05, 3.63) is 88.1 Å². The second kappa shape index (κ2) is 8.22. The van der Waals surface area contributed by atoms with Crippen LogP contribution in [0.3, 0.4) is 0 Å². The molecule has 0 radical (unpaired) electrons. The van der Waals surface area contributed by atoms with Crippen LogP contribution in [-0.2, 0) is 4.74 Å². The van der Waals surface area contributed by atoms with Crippen LogP contribution < -0.4 is 5.32 Å². The van der Waals surface area contributed by atoms with Crippen LogP contribution in [0.2, 0.25) is 0 Å². The summed E-state index contributed by atoms with van der Waals surface area (Å²) in [5.74, 6) is -1.06. The van der Waals surface area contributed by atoms with Crippen molar-refractivity contribution in [2.45, 2.75) is 0 Å². The molecule has 26 heavy (non-hydrogen) atoms. The maximum atomic E-state index is 12.0. The first kappa shape index (κ1) is 17.6. The van der Waals surface area contributed by atoms with E-state index in [-0.39, 0.29) is 18.3 Å². The van der Waals surface area contributed by atoms with E-state index in [1.807, 2.05) is 11.4 Å². The van der Waals surface area contributed by atoms with Crippen molar-refractivity contribution >= 4 is 34.7 Å². The smallest absolute Gasteiger partial charge is 0.338 e. The summed E-state index contributed by atoms with van der Waals surface area (Å²) in [7, 11) is 0. The molecule has 0 saturated carbocycles. The third-order valence-electron chi connectivity index (χ3n) is 3.55. The molecule has 1 aromatic heterocycles. The van der Waals surface area contributed by atoms with Crippen molar-refractivity contribution < 1.29 is 19.1 Å². The summed E-state index contributed by atoms with van der Waals surface area (Å²) in [4.78, 5) is 36.6. The van der Waals surface area contributed by atoms with Crippen molar-refractivity contribution in [1.29, 1.82) is 0 Å². The molecule has 0 aliphatic carbocycles. The minimum Gasteiger partial charge on any atom is -0.454 e. The van der Waals surface area contributed by atoms with Gasteiger partial charge in [0.1, 0.15) is 0 Å². The van der Waals surface area contributed by atoms with Crippen LogP contribution in [0.15, 0.2) is 72.1 Å². The fraction of sp³-hybridized carbons (Fsp3) is 0.0500. The lowest BCUT2D eigenvalue weighted by Crippen LogP contribution is -2.14. The maximum absolute atomic E-state index is 12.0. The van der Waals surface area contributed by atoms with Crippen LogP contribution >= 0.6 is 11.3 Å². The first-order valence-electron chi connectivity index (χ1n) is 7.84. The Morgan fingerprint density at radius 1 is 0.846 bits per heavy atom. The van der Waals surface area contributed by atoms with Gasteiger partial charge in [0.25, 0.3) is 5.91 Å². The molecular formula is C20H15NO4S. The molecule has 0 bridgehead atoms. The summed E-state index contributed by atoms with van der Waals surface area (Å²) >= 11 is 1.35. The normalized spacial score (nSPS) is 10.2. The van der Waals surface area contributed by atoms with E-state index < -0.39 is 5.97 Å². The Labute approximate surface area is 154 Å². The Kier molecular flexibility index (Phi) is 5.56. The van der Waals surface area contributed by atoms with Gasteiger partial charge >= 0.3 is 5.97 Å². The number of carbonyl (C=O) groups excluding carboxylic acids is 3. The summed E-state index contributed by atoms with van der Waals surface area (Å²) in [5.41, 5.74) is 1.37. The number of benzene rings is 2. The number of anilines is 1. The molecule has 0 spiro atoms. The van der Waals surface area contributed by atoms with E-state index in [4.69, 9.17) is 4.74 Å². The van der Waals surface area contributed by atoms with Crippen LogP contribution in [-0.4, -0.2) is 24.3 Å². The minimum absolute atomic E-state index is 0.205. The highest BCUT2D eigenvalue weighted by molar-refractivity contribution is 7.12. The van der Waals surface area contributed by atoms with E-state index in [1.54, 1.807) is 60.7 Å². The lowest BCUT2D eigenvalue weighted by Gasteiger charge is -2.06. The Bertz CT molecular complexity index is 903. The van der Waals surface area contributed by atoms with Gasteiger partial charge in [0.15, 0.2) is 12.4 Å². The van der Waals surface area contributed by atoms with E-state index in [1.165, 1.54) is 11.3 Å². The van der Waals surface area contributed by atoms with Crippen molar-refractivity contribution in [3.8, 4) is 0 Å². The number of nitrogens with one attached hydrogen (secondary N) is 1. The quantitative estimate of drug-likeness (QED) is 0.528. The number of hydrogen-bond acceptors (Lipinski definition) is 5. The van der Waals surface area contributed by atoms with Gasteiger partial charge in [-0.1, -0.05) is 36.4 Å². The van der Waals surface area contributed by atoms with Gasteiger partial charge in [0.05, 0.1) is 10.4 Å². The lowest BCUT2D eigenvalue weighted by molar-refractivity contribution is 0.0475. The minimum atomic E-state index is -0.592. The fourth-order valence-corrected chi connectivity index (χ4v) is 2.83. The Morgan fingerprint density at radius 2 is 1.58 bits per heavy atom. The molecule has 0 saturated heterocycles. The number of amides is 1. The van der Waals surface area contributed by atoms with Gasteiger partial charge in [0, 0.05) is 11.3 Å². The predicted octanol–water partition coefficient (Wildman–Crippen LogP) is 4.04. The van der Waals surface area contributed by atoms with Gasteiger partial charge in [0.2, 0.25) is 0 Å². The average Bonchev–Trinajstić information content (AvgIpc) is 3.22. The van der Waals surface area contributed by atoms with Crippen molar-refractivity contribution in [2.24, 2.45) is 0 Å². The molecule has 2 aromatic carbocycles. The molecule has 0 unspecified atom stereocenters. The molecule has 0 atom stereocenters. The number of carbonyl (C=O) groups is 3. The average molecular weight is 365 g/mol. The highest BCUT2D eigenvalue weighted by atomic mass is 32.1. The van der Waals surface area contributed by atoms with E-state index in [2.05, 4.69) is 5.32 Å². The summed E-state index contributed by atoms with van der Waals surface area (Å²) in [6, 6.07) is 18.5. The van der Waals surface area contributed by atoms with E-state index in [0.717, 1.165) is 0 Å². The van der Waals surface area contributed by atoms with Crippen LogP contribution in [0, 0.1) is 0 Å². The number of esters is 1. The maximum Gasteiger partial charge on any atom is 0.338 e. The molecule has 0 fully saturated rings. The van der Waals surface area contributed by atoms with Gasteiger partial charge in [-0.2, -0.15) is 0 Å². The number of Topliss-reactive ketones (excluding diaryl/α,β-unsaturated/α-hetero) is 1. The molecule has 3 aromatic rings. The summed E-state index contributed by atoms with van der Waals surface area (Å²) in [6.45, 7) is -0.320. The van der Waals surface area contributed by atoms with Crippen molar-refractivity contribution in [3.63, 3.8) is 0 Å². The van der Waals surface area contributed by atoms with Gasteiger partial charge < -0.3 is 10.1 Å². The number of hydrogen-bond donors (Lipinski definition) is 1. The first-order valence-corrected chi connectivity index (χ1v) is 8.72. The Hall–Kier alpha value is -3.25. The first-order chi connectivity index (χ1) is 12.6. The fourth-order valence-electron chi connectivity index (χ4n) is 2.21. The summed E-state index contributed by atoms with van der Waals surface area (Å²) < 4.78 is 5.05. The molecule has 5 nitrogen and oxygen atoms in total. The number of thiophene rings is 1. The monoisotopic (exact) mass is 365 g/mol. The molecule has 6 heteroatoms. The standard InChI is InChI=1S/C20H15NO4S/c22-17(14-5-2-1-3-6-14)13-25-20(24)15-8-10-16(11-9-15)21-19(23)18-7-4-12-26-18/h1-12H,13H2,(H,21,23). The SMILES string of the molecule is O=C(COC(=O)c1ccc(NC(=O)c2cccs2)cc1)c1ccccc1. The zero-order chi connectivity index (χ0) is 18.4. The highest BCUT2D eigenvalue weighted by Gasteiger charge is 2.12. The van der Waals surface area contributed by atoms with Gasteiger partial charge in [-0.3, -0.25) is 9.59 Å². The molecule has 1 N–H and O–H groups in total. The second-order valence-electron chi connectivity index (χ2n) is 5.37. The van der Waals surface area contributed by atoms with Gasteiger partial charge in [-0.15, -0.1) is 11.3 Å². The molecule has 1 heterocycles. The third-order valence-corrected chi connectivity index (χ3v) is 4.42. The largest absolute Gasteiger partial charge is 0.454 e. The molecule has 0 aliphatic rings. The second-order valence-corrected chi connectivity index (χ2v) is 6.32. The zero-order valence-electron chi connectivity index (χ0n) is 13.7. The zero-order valence-corrected chi connectivity index (χ0v) is 14.5. The number of ketones is 1. The topological polar surface area (TPSA) is 72.5 Å². The van der Waals surface area contributed by atoms with E-state index >= 15 is 0 Å². The predicted molar refractivity (Wildman–Crippen MR) is 99.8 cm³/mol. The Balaban J connectivity index is 1.55. The van der Waals surface area contributed by atoms with Crippen LogP contribution in [0.5, 0.6) is 0 Å². The van der Waals surface area contributed by atoms with Crippen LogP contribution in [0.25, 0.3) is 0 Å². The lowest BCUT2D eigenvalue weighted by atomic mass is 10.1. The van der Waals surface area contributed by atoms with Crippen LogP contribution in [0.1, 0.15) is 30.4 Å². The third kappa shape index (κ3) is 4.43. The number of rotatable bonds is 6. The molecule has 130 valence electrons. The Morgan fingerprint density at radius 3 is 2.23 bits per heavy atom. The van der Waals surface area contributed by atoms with Gasteiger partial charge in [-0.05, 0) is 35.7 Å². The van der Waals surface area contributed by atoms with Crippen molar-refractivity contribution in [2.75, 3.05) is 11.9 Å². The van der Waals surface area contributed by atoms with E-state index in [0.29, 0.717) is 21.7 Å². The molecule has 1 amide bonds. The highest BCUT2D eigenvalue weighted by Crippen LogP contribution is 2.15. The van der Waals surface area contributed by atoms with E-state index in [9.17, 15) is 14.4 Å². The molecule has 0 aliphatic heterocycles. The van der Waals surface area contributed by atoms with Crippen LogP contribution in [0.4, 0.5) is 5.69 Å².